The van der Waals surface area contributed by atoms with Crippen molar-refractivity contribution in [3.63, 3.8) is 0 Å². The Labute approximate surface area is 135 Å². The van der Waals surface area contributed by atoms with E-state index in [0.29, 0.717) is 26.4 Å². The molecule has 8 heteroatoms. The molecule has 1 aromatic carbocycles. The molecule has 0 radical (unpaired) electrons. The lowest BCUT2D eigenvalue weighted by atomic mass is 10.2. The summed E-state index contributed by atoms with van der Waals surface area (Å²) in [5.74, 6) is -0.332. The number of hydrazone groups is 1. The fourth-order valence-corrected chi connectivity index (χ4v) is 2.45. The maximum atomic E-state index is 11.1. The van der Waals surface area contributed by atoms with E-state index >= 15 is 0 Å². The van der Waals surface area contributed by atoms with E-state index in [-0.39, 0.29) is 12.4 Å². The van der Waals surface area contributed by atoms with Crippen LogP contribution in [0.15, 0.2) is 28.7 Å². The van der Waals surface area contributed by atoms with Crippen LogP contribution in [-0.4, -0.2) is 24.3 Å². The fraction of sp³-hybridized carbons (Fsp3) is 0.154. The number of hydrogen-bond acceptors (Lipinski definition) is 6. The Morgan fingerprint density at radius 3 is 3.10 bits per heavy atom. The summed E-state index contributed by atoms with van der Waals surface area (Å²) >= 11 is 13.3. The third-order valence-electron chi connectivity index (χ3n) is 2.45. The molecule has 0 spiro atoms. The average molecular weight is 344 g/mol. The van der Waals surface area contributed by atoms with E-state index in [0.717, 1.165) is 0 Å². The first-order valence-electron chi connectivity index (χ1n) is 5.84. The van der Waals surface area contributed by atoms with Gasteiger partial charge in [-0.15, -0.1) is 11.3 Å². The zero-order valence-electron chi connectivity index (χ0n) is 11.0. The minimum atomic E-state index is -0.332. The van der Waals surface area contributed by atoms with Crippen LogP contribution in [0.2, 0.25) is 10.0 Å². The van der Waals surface area contributed by atoms with Crippen molar-refractivity contribution in [2.75, 3.05) is 12.5 Å². The molecular formula is C13H11Cl2N3O2S. The number of rotatable bonds is 5. The van der Waals surface area contributed by atoms with E-state index in [1.54, 1.807) is 29.8 Å². The molecule has 0 atom stereocenters. The van der Waals surface area contributed by atoms with Crippen molar-refractivity contribution in [2.24, 2.45) is 5.10 Å². The standard InChI is InChI=1S/C13H11Cl2N3O2S/c1-20-11(19)5-9-7-21-13(17-9)18-16-6-8-3-2-4-10(14)12(8)15/h2-4,6-7H,5H2,1H3,(H,17,18)/b16-6-. The van der Waals surface area contributed by atoms with Gasteiger partial charge in [0.25, 0.3) is 0 Å². The van der Waals surface area contributed by atoms with Crippen LogP contribution in [-0.2, 0) is 16.0 Å². The monoisotopic (exact) mass is 343 g/mol. The lowest BCUT2D eigenvalue weighted by Gasteiger charge is -1.99. The number of methoxy groups -OCH3 is 1. The molecule has 1 N–H and O–H groups in total. The average Bonchev–Trinajstić information content (AvgIpc) is 2.91. The Hall–Kier alpha value is -1.63. The van der Waals surface area contributed by atoms with Gasteiger partial charge in [-0.3, -0.25) is 10.2 Å². The summed E-state index contributed by atoms with van der Waals surface area (Å²) in [6, 6.07) is 5.28. The second-order valence-corrected chi connectivity index (χ2v) is 5.55. The minimum absolute atomic E-state index is 0.137. The topological polar surface area (TPSA) is 63.6 Å². The molecule has 1 heterocycles. The van der Waals surface area contributed by atoms with Crippen molar-refractivity contribution < 1.29 is 9.53 Å². The predicted molar refractivity (Wildman–Crippen MR) is 85.5 cm³/mol. The molecule has 0 saturated carbocycles. The lowest BCUT2D eigenvalue weighted by molar-refractivity contribution is -0.139. The number of carbonyl (C=O) groups excluding carboxylic acids is 1. The number of hydrogen-bond donors (Lipinski definition) is 1. The molecule has 1 aromatic heterocycles. The largest absolute Gasteiger partial charge is 0.469 e. The zero-order chi connectivity index (χ0) is 15.2. The van der Waals surface area contributed by atoms with Crippen molar-refractivity contribution in [1.29, 1.82) is 0 Å². The van der Waals surface area contributed by atoms with Gasteiger partial charge in [0.05, 0.1) is 35.5 Å². The normalized spacial score (nSPS) is 10.8. The van der Waals surface area contributed by atoms with Crippen LogP contribution in [0.25, 0.3) is 0 Å². The SMILES string of the molecule is COC(=O)Cc1csc(N/N=C\c2cccc(Cl)c2Cl)n1. The van der Waals surface area contributed by atoms with Crippen LogP contribution in [0.3, 0.4) is 0 Å². The van der Waals surface area contributed by atoms with Crippen LogP contribution in [0.5, 0.6) is 0 Å². The molecule has 0 aliphatic heterocycles. The number of anilines is 1. The number of esters is 1. The quantitative estimate of drug-likeness (QED) is 0.511. The molecule has 0 saturated heterocycles. The smallest absolute Gasteiger partial charge is 0.311 e. The first-order chi connectivity index (χ1) is 10.1. The molecule has 2 aromatic rings. The van der Waals surface area contributed by atoms with Gasteiger partial charge in [0.15, 0.2) is 0 Å². The molecule has 21 heavy (non-hydrogen) atoms. The van der Waals surface area contributed by atoms with Crippen LogP contribution < -0.4 is 5.43 Å². The van der Waals surface area contributed by atoms with Crippen LogP contribution in [0, 0.1) is 0 Å². The van der Waals surface area contributed by atoms with Gasteiger partial charge in [-0.05, 0) is 6.07 Å². The van der Waals surface area contributed by atoms with Gasteiger partial charge in [0.2, 0.25) is 5.13 Å². The maximum Gasteiger partial charge on any atom is 0.311 e. The molecule has 0 aliphatic carbocycles. The second kappa shape index (κ2) is 7.40. The van der Waals surface area contributed by atoms with Crippen molar-refractivity contribution in [3.8, 4) is 0 Å². The van der Waals surface area contributed by atoms with Gasteiger partial charge in [-0.1, -0.05) is 35.3 Å². The summed E-state index contributed by atoms with van der Waals surface area (Å²) in [6.07, 6.45) is 1.69. The summed E-state index contributed by atoms with van der Waals surface area (Å²) in [5.41, 5.74) is 4.10. The summed E-state index contributed by atoms with van der Waals surface area (Å²) < 4.78 is 4.58. The number of carbonyl (C=O) groups is 1. The number of ether oxygens (including phenoxy) is 1. The van der Waals surface area contributed by atoms with Gasteiger partial charge >= 0.3 is 5.97 Å². The molecule has 0 amide bonds. The van der Waals surface area contributed by atoms with Crippen molar-refractivity contribution in [1.82, 2.24) is 4.98 Å². The molecule has 0 bridgehead atoms. The Bertz CT molecular complexity index is 673. The first kappa shape index (κ1) is 15.8. The molecule has 110 valence electrons. The molecule has 0 unspecified atom stereocenters. The summed E-state index contributed by atoms with van der Waals surface area (Å²) in [4.78, 5) is 15.3. The number of aromatic nitrogens is 1. The van der Waals surface area contributed by atoms with Gasteiger partial charge in [0.1, 0.15) is 0 Å². The van der Waals surface area contributed by atoms with E-state index in [4.69, 9.17) is 23.2 Å². The highest BCUT2D eigenvalue weighted by Crippen LogP contribution is 2.24. The van der Waals surface area contributed by atoms with Crippen LogP contribution in [0.4, 0.5) is 5.13 Å². The number of halogens is 2. The summed E-state index contributed by atoms with van der Waals surface area (Å²) in [6.45, 7) is 0. The van der Waals surface area contributed by atoms with Gasteiger partial charge < -0.3 is 4.74 Å². The zero-order valence-corrected chi connectivity index (χ0v) is 13.3. The van der Waals surface area contributed by atoms with Gasteiger partial charge in [0, 0.05) is 10.9 Å². The Balaban J connectivity index is 1.98. The molecule has 5 nitrogen and oxygen atoms in total. The predicted octanol–water partition coefficient (Wildman–Crippen LogP) is 3.61. The Morgan fingerprint density at radius 1 is 1.52 bits per heavy atom. The van der Waals surface area contributed by atoms with Crippen molar-refractivity contribution in [3.05, 3.63) is 44.9 Å². The van der Waals surface area contributed by atoms with Gasteiger partial charge in [-0.25, -0.2) is 4.98 Å². The summed E-state index contributed by atoms with van der Waals surface area (Å²) in [7, 11) is 1.34. The third-order valence-corrected chi connectivity index (χ3v) is 4.08. The van der Waals surface area contributed by atoms with Crippen LogP contribution in [0.1, 0.15) is 11.3 Å². The minimum Gasteiger partial charge on any atom is -0.469 e. The van der Waals surface area contributed by atoms with Gasteiger partial charge in [-0.2, -0.15) is 5.10 Å². The van der Waals surface area contributed by atoms with Crippen molar-refractivity contribution in [2.45, 2.75) is 6.42 Å². The highest BCUT2D eigenvalue weighted by molar-refractivity contribution is 7.13. The first-order valence-corrected chi connectivity index (χ1v) is 7.48. The molecule has 0 fully saturated rings. The fourth-order valence-electron chi connectivity index (χ4n) is 1.44. The maximum absolute atomic E-state index is 11.1. The number of nitrogens with zero attached hydrogens (tertiary/aromatic N) is 2. The third kappa shape index (κ3) is 4.42. The Kier molecular flexibility index (Phi) is 5.55. The molecule has 0 aliphatic rings. The highest BCUT2D eigenvalue weighted by Gasteiger charge is 2.07. The number of thiazole rings is 1. The number of benzene rings is 1. The van der Waals surface area contributed by atoms with E-state index < -0.39 is 0 Å². The van der Waals surface area contributed by atoms with Crippen molar-refractivity contribution >= 4 is 51.9 Å². The highest BCUT2D eigenvalue weighted by atomic mass is 35.5. The Morgan fingerprint density at radius 2 is 2.33 bits per heavy atom. The van der Waals surface area contributed by atoms with E-state index in [9.17, 15) is 4.79 Å². The number of nitrogens with one attached hydrogen (secondary N) is 1. The van der Waals surface area contributed by atoms with E-state index in [1.807, 2.05) is 0 Å². The van der Waals surface area contributed by atoms with E-state index in [1.165, 1.54) is 18.4 Å². The van der Waals surface area contributed by atoms with Crippen LogP contribution >= 0.6 is 34.5 Å². The molecular weight excluding hydrogens is 333 g/mol. The molecule has 2 rings (SSSR count). The lowest BCUT2D eigenvalue weighted by Crippen LogP contribution is -2.04. The second-order valence-electron chi connectivity index (χ2n) is 3.91. The van der Waals surface area contributed by atoms with E-state index in [2.05, 4.69) is 20.2 Å². The summed E-state index contributed by atoms with van der Waals surface area (Å²) in [5, 5.41) is 7.29.